The molecule has 1 atom stereocenters. The minimum atomic E-state index is -0.474. The van der Waals surface area contributed by atoms with Crippen molar-refractivity contribution in [1.29, 1.82) is 0 Å². The molecule has 0 aliphatic rings. The molecule has 0 saturated carbocycles. The van der Waals surface area contributed by atoms with Crippen LogP contribution in [0.4, 0.5) is 10.1 Å². The highest BCUT2D eigenvalue weighted by Crippen LogP contribution is 2.08. The van der Waals surface area contributed by atoms with Crippen molar-refractivity contribution in [2.24, 2.45) is 0 Å². The average molecular weight is 198 g/mol. The van der Waals surface area contributed by atoms with Crippen molar-refractivity contribution in [3.63, 3.8) is 0 Å². The van der Waals surface area contributed by atoms with E-state index >= 15 is 0 Å². The summed E-state index contributed by atoms with van der Waals surface area (Å²) in [5.74, 6) is -0.474. The maximum absolute atomic E-state index is 12.7. The van der Waals surface area contributed by atoms with Gasteiger partial charge in [0.25, 0.3) is 0 Å². The first-order valence-corrected chi connectivity index (χ1v) is 4.68. The summed E-state index contributed by atoms with van der Waals surface area (Å²) in [6.07, 6.45) is 1.44. The lowest BCUT2D eigenvalue weighted by atomic mass is 10.3. The van der Waals surface area contributed by atoms with Crippen molar-refractivity contribution in [2.75, 3.05) is 18.5 Å². The van der Waals surface area contributed by atoms with Gasteiger partial charge in [0.15, 0.2) is 0 Å². The summed E-state index contributed by atoms with van der Waals surface area (Å²) in [6, 6.07) is 3.25. The van der Waals surface area contributed by atoms with Crippen LogP contribution in [0.5, 0.6) is 0 Å². The number of anilines is 1. The third kappa shape index (κ3) is 3.70. The second-order valence-corrected chi connectivity index (χ2v) is 3.07. The summed E-state index contributed by atoms with van der Waals surface area (Å²) < 4.78 is 17.9. The van der Waals surface area contributed by atoms with Crippen LogP contribution in [-0.2, 0) is 4.74 Å². The molecule has 0 aliphatic heterocycles. The summed E-state index contributed by atoms with van der Waals surface area (Å²) in [5.41, 5.74) is 0.727. The zero-order chi connectivity index (χ0) is 10.4. The second kappa shape index (κ2) is 5.54. The SMILES string of the molecule is CCOCC(C)Nc1ccnc(F)c1. The highest BCUT2D eigenvalue weighted by molar-refractivity contribution is 5.41. The molecular formula is C10H15FN2O. The monoisotopic (exact) mass is 198 g/mol. The number of aromatic nitrogens is 1. The van der Waals surface area contributed by atoms with Gasteiger partial charge < -0.3 is 10.1 Å². The molecule has 1 rings (SSSR count). The van der Waals surface area contributed by atoms with Crippen LogP contribution in [0.15, 0.2) is 18.3 Å². The molecule has 0 saturated heterocycles. The van der Waals surface area contributed by atoms with Crippen molar-refractivity contribution in [3.8, 4) is 0 Å². The average Bonchev–Trinajstić information content (AvgIpc) is 2.15. The smallest absolute Gasteiger partial charge is 0.214 e. The first kappa shape index (κ1) is 10.9. The molecule has 0 aromatic carbocycles. The van der Waals surface area contributed by atoms with Gasteiger partial charge in [0.2, 0.25) is 5.95 Å². The minimum Gasteiger partial charge on any atom is -0.380 e. The summed E-state index contributed by atoms with van der Waals surface area (Å²) in [6.45, 7) is 5.23. The Balaban J connectivity index is 2.43. The number of hydrogen-bond donors (Lipinski definition) is 1. The second-order valence-electron chi connectivity index (χ2n) is 3.07. The third-order valence-corrected chi connectivity index (χ3v) is 1.71. The number of nitrogens with one attached hydrogen (secondary N) is 1. The Kier molecular flexibility index (Phi) is 4.32. The molecule has 0 aliphatic carbocycles. The van der Waals surface area contributed by atoms with E-state index in [1.807, 2.05) is 13.8 Å². The fourth-order valence-corrected chi connectivity index (χ4v) is 1.11. The summed E-state index contributed by atoms with van der Waals surface area (Å²) in [4.78, 5) is 3.47. The lowest BCUT2D eigenvalue weighted by Crippen LogP contribution is -2.21. The quantitative estimate of drug-likeness (QED) is 0.735. The Morgan fingerprint density at radius 2 is 2.43 bits per heavy atom. The number of pyridine rings is 1. The fraction of sp³-hybridized carbons (Fsp3) is 0.500. The van der Waals surface area contributed by atoms with Gasteiger partial charge in [0.05, 0.1) is 6.61 Å². The van der Waals surface area contributed by atoms with Gasteiger partial charge in [-0.25, -0.2) is 4.98 Å². The predicted molar refractivity (Wildman–Crippen MR) is 53.8 cm³/mol. The molecule has 0 spiro atoms. The van der Waals surface area contributed by atoms with Crippen LogP contribution in [0, 0.1) is 5.95 Å². The summed E-state index contributed by atoms with van der Waals surface area (Å²) in [7, 11) is 0. The van der Waals surface area contributed by atoms with Crippen LogP contribution < -0.4 is 5.32 Å². The van der Waals surface area contributed by atoms with E-state index in [4.69, 9.17) is 4.74 Å². The minimum absolute atomic E-state index is 0.164. The van der Waals surface area contributed by atoms with Crippen LogP contribution in [0.25, 0.3) is 0 Å². The van der Waals surface area contributed by atoms with Crippen molar-refractivity contribution < 1.29 is 9.13 Å². The van der Waals surface area contributed by atoms with Crippen molar-refractivity contribution in [1.82, 2.24) is 4.98 Å². The first-order chi connectivity index (χ1) is 6.72. The van der Waals surface area contributed by atoms with E-state index in [9.17, 15) is 4.39 Å². The first-order valence-electron chi connectivity index (χ1n) is 4.68. The molecule has 3 nitrogen and oxygen atoms in total. The Morgan fingerprint density at radius 3 is 3.07 bits per heavy atom. The van der Waals surface area contributed by atoms with Gasteiger partial charge in [-0.2, -0.15) is 4.39 Å². The van der Waals surface area contributed by atoms with Gasteiger partial charge in [-0.15, -0.1) is 0 Å². The molecule has 0 radical (unpaired) electrons. The normalized spacial score (nSPS) is 12.5. The van der Waals surface area contributed by atoms with E-state index in [1.165, 1.54) is 12.3 Å². The lowest BCUT2D eigenvalue weighted by Gasteiger charge is -2.14. The Morgan fingerprint density at radius 1 is 1.64 bits per heavy atom. The fourth-order valence-electron chi connectivity index (χ4n) is 1.11. The van der Waals surface area contributed by atoms with E-state index in [1.54, 1.807) is 6.07 Å². The molecule has 1 aromatic rings. The van der Waals surface area contributed by atoms with Gasteiger partial charge in [0.1, 0.15) is 0 Å². The molecule has 14 heavy (non-hydrogen) atoms. The van der Waals surface area contributed by atoms with Crippen molar-refractivity contribution in [3.05, 3.63) is 24.3 Å². The topological polar surface area (TPSA) is 34.1 Å². The number of ether oxygens (including phenoxy) is 1. The largest absolute Gasteiger partial charge is 0.380 e. The van der Waals surface area contributed by atoms with Gasteiger partial charge in [-0.3, -0.25) is 0 Å². The molecule has 78 valence electrons. The van der Waals surface area contributed by atoms with Crippen LogP contribution in [0.3, 0.4) is 0 Å². The van der Waals surface area contributed by atoms with Gasteiger partial charge >= 0.3 is 0 Å². The Hall–Kier alpha value is -1.16. The molecule has 1 heterocycles. The Labute approximate surface area is 83.3 Å². The van der Waals surface area contributed by atoms with E-state index in [-0.39, 0.29) is 6.04 Å². The van der Waals surface area contributed by atoms with Gasteiger partial charge in [-0.05, 0) is 19.9 Å². The Bertz CT molecular complexity index is 281. The lowest BCUT2D eigenvalue weighted by molar-refractivity contribution is 0.141. The van der Waals surface area contributed by atoms with Gasteiger partial charge in [0, 0.05) is 30.6 Å². The highest BCUT2D eigenvalue weighted by Gasteiger charge is 2.02. The number of hydrogen-bond acceptors (Lipinski definition) is 3. The van der Waals surface area contributed by atoms with Crippen molar-refractivity contribution in [2.45, 2.75) is 19.9 Å². The molecule has 0 bridgehead atoms. The molecular weight excluding hydrogens is 183 g/mol. The number of rotatable bonds is 5. The van der Waals surface area contributed by atoms with Crippen molar-refractivity contribution >= 4 is 5.69 Å². The van der Waals surface area contributed by atoms with Crippen LogP contribution >= 0.6 is 0 Å². The molecule has 4 heteroatoms. The number of nitrogens with zero attached hydrogens (tertiary/aromatic N) is 1. The van der Waals surface area contributed by atoms with Gasteiger partial charge in [-0.1, -0.05) is 0 Å². The van der Waals surface area contributed by atoms with E-state index in [0.29, 0.717) is 13.2 Å². The maximum atomic E-state index is 12.7. The molecule has 0 amide bonds. The summed E-state index contributed by atoms with van der Waals surface area (Å²) >= 11 is 0. The summed E-state index contributed by atoms with van der Waals surface area (Å²) in [5, 5.41) is 3.11. The van der Waals surface area contributed by atoms with E-state index < -0.39 is 5.95 Å². The molecule has 1 unspecified atom stereocenters. The van der Waals surface area contributed by atoms with E-state index in [2.05, 4.69) is 10.3 Å². The zero-order valence-corrected chi connectivity index (χ0v) is 8.46. The molecule has 1 N–H and O–H groups in total. The van der Waals surface area contributed by atoms with Crippen LogP contribution in [0.1, 0.15) is 13.8 Å². The molecule has 0 fully saturated rings. The van der Waals surface area contributed by atoms with Crippen LogP contribution in [-0.4, -0.2) is 24.2 Å². The van der Waals surface area contributed by atoms with E-state index in [0.717, 1.165) is 5.69 Å². The third-order valence-electron chi connectivity index (χ3n) is 1.71. The standard InChI is InChI=1S/C10H15FN2O/c1-3-14-7-8(2)13-9-4-5-12-10(11)6-9/h4-6,8H,3,7H2,1-2H3,(H,12,13). The van der Waals surface area contributed by atoms with Crippen LogP contribution in [0.2, 0.25) is 0 Å². The maximum Gasteiger partial charge on any atom is 0.214 e. The highest BCUT2D eigenvalue weighted by atomic mass is 19.1. The number of halogens is 1. The predicted octanol–water partition coefficient (Wildman–Crippen LogP) is 2.06. The zero-order valence-electron chi connectivity index (χ0n) is 8.46. The molecule has 1 aromatic heterocycles.